The molecule has 0 saturated heterocycles. The van der Waals surface area contributed by atoms with Gasteiger partial charge < -0.3 is 4.57 Å². The Balaban J connectivity index is 2.01. The van der Waals surface area contributed by atoms with Crippen LogP contribution in [0.4, 0.5) is 0 Å². The van der Waals surface area contributed by atoms with Crippen molar-refractivity contribution < 1.29 is 0 Å². The Morgan fingerprint density at radius 3 is 2.33 bits per heavy atom. The van der Waals surface area contributed by atoms with Gasteiger partial charge in [0.1, 0.15) is 6.33 Å². The Kier molecular flexibility index (Phi) is 2.30. The third kappa shape index (κ3) is 1.61. The standard InChI is InChI=1S/C11H10N6O/c1-15-6-7-16(11(15)18)9-2-4-10(5-3-9)17-8-12-13-14-17/h2-8H,1H3. The second-order valence-corrected chi connectivity index (χ2v) is 3.83. The number of benzene rings is 1. The Labute approximate surface area is 102 Å². The maximum Gasteiger partial charge on any atom is 0.332 e. The van der Waals surface area contributed by atoms with E-state index in [1.165, 1.54) is 10.9 Å². The summed E-state index contributed by atoms with van der Waals surface area (Å²) in [5.74, 6) is 0. The van der Waals surface area contributed by atoms with Gasteiger partial charge in [0, 0.05) is 19.4 Å². The molecule has 7 nitrogen and oxygen atoms in total. The molecule has 0 fully saturated rings. The summed E-state index contributed by atoms with van der Waals surface area (Å²) in [5, 5.41) is 10.9. The zero-order valence-electron chi connectivity index (χ0n) is 9.63. The molecule has 0 aliphatic rings. The number of hydrogen-bond donors (Lipinski definition) is 0. The fraction of sp³-hybridized carbons (Fsp3) is 0.0909. The average molecular weight is 242 g/mol. The fourth-order valence-electron chi connectivity index (χ4n) is 1.71. The quantitative estimate of drug-likeness (QED) is 0.641. The van der Waals surface area contributed by atoms with E-state index in [0.29, 0.717) is 0 Å². The number of tetrazole rings is 1. The van der Waals surface area contributed by atoms with Gasteiger partial charge in [-0.25, -0.2) is 9.48 Å². The Bertz CT molecular complexity index is 707. The van der Waals surface area contributed by atoms with E-state index < -0.39 is 0 Å². The monoisotopic (exact) mass is 242 g/mol. The normalized spacial score (nSPS) is 10.7. The zero-order valence-corrected chi connectivity index (χ0v) is 9.63. The van der Waals surface area contributed by atoms with Crippen molar-refractivity contribution in [2.24, 2.45) is 7.05 Å². The van der Waals surface area contributed by atoms with Crippen LogP contribution in [0.25, 0.3) is 11.4 Å². The molecule has 2 aromatic heterocycles. The summed E-state index contributed by atoms with van der Waals surface area (Å²) in [6.45, 7) is 0. The van der Waals surface area contributed by atoms with Crippen LogP contribution in [0.2, 0.25) is 0 Å². The molecule has 0 bridgehead atoms. The SMILES string of the molecule is Cn1ccn(-c2ccc(-n3cnnn3)cc2)c1=O. The predicted molar refractivity (Wildman–Crippen MR) is 63.7 cm³/mol. The lowest BCUT2D eigenvalue weighted by Crippen LogP contribution is -2.20. The minimum Gasteiger partial charge on any atom is -0.302 e. The van der Waals surface area contributed by atoms with Crippen LogP contribution < -0.4 is 5.69 Å². The van der Waals surface area contributed by atoms with Crippen molar-refractivity contribution in [2.45, 2.75) is 0 Å². The summed E-state index contributed by atoms with van der Waals surface area (Å²) in [4.78, 5) is 11.8. The molecule has 0 atom stereocenters. The summed E-state index contributed by atoms with van der Waals surface area (Å²) in [5.41, 5.74) is 1.57. The minimum atomic E-state index is -0.0785. The van der Waals surface area contributed by atoms with Crippen molar-refractivity contribution in [3.63, 3.8) is 0 Å². The molecule has 0 aliphatic carbocycles. The summed E-state index contributed by atoms with van der Waals surface area (Å²) in [6, 6.07) is 7.40. The Morgan fingerprint density at radius 1 is 1.06 bits per heavy atom. The van der Waals surface area contributed by atoms with E-state index in [0.717, 1.165) is 11.4 Å². The van der Waals surface area contributed by atoms with Crippen molar-refractivity contribution in [1.82, 2.24) is 29.3 Å². The van der Waals surface area contributed by atoms with E-state index in [4.69, 9.17) is 0 Å². The van der Waals surface area contributed by atoms with Gasteiger partial charge in [0.05, 0.1) is 11.4 Å². The van der Waals surface area contributed by atoms with Crippen LogP contribution in [0, 0.1) is 0 Å². The van der Waals surface area contributed by atoms with Gasteiger partial charge in [0.25, 0.3) is 0 Å². The number of aryl methyl sites for hydroxylation is 1. The van der Waals surface area contributed by atoms with Crippen LogP contribution in [0.5, 0.6) is 0 Å². The van der Waals surface area contributed by atoms with Crippen LogP contribution >= 0.6 is 0 Å². The molecular formula is C11H10N6O. The first-order valence-corrected chi connectivity index (χ1v) is 5.33. The Hall–Kier alpha value is -2.70. The highest BCUT2D eigenvalue weighted by molar-refractivity contribution is 5.40. The van der Waals surface area contributed by atoms with Crippen LogP contribution in [0.3, 0.4) is 0 Å². The lowest BCUT2D eigenvalue weighted by molar-refractivity contribution is 0.788. The number of rotatable bonds is 2. The van der Waals surface area contributed by atoms with Gasteiger partial charge in [-0.15, -0.1) is 5.10 Å². The topological polar surface area (TPSA) is 70.5 Å². The maximum absolute atomic E-state index is 11.8. The Morgan fingerprint density at radius 2 is 1.78 bits per heavy atom. The largest absolute Gasteiger partial charge is 0.332 e. The lowest BCUT2D eigenvalue weighted by atomic mass is 10.3. The average Bonchev–Trinajstić information content (AvgIpc) is 3.02. The molecule has 0 amide bonds. The van der Waals surface area contributed by atoms with Gasteiger partial charge in [-0.1, -0.05) is 0 Å². The fourth-order valence-corrected chi connectivity index (χ4v) is 1.71. The minimum absolute atomic E-state index is 0.0785. The first kappa shape index (κ1) is 10.5. The molecule has 0 aliphatic heterocycles. The molecule has 7 heteroatoms. The number of imidazole rings is 1. The molecule has 18 heavy (non-hydrogen) atoms. The molecule has 90 valence electrons. The van der Waals surface area contributed by atoms with Crippen molar-refractivity contribution in [1.29, 1.82) is 0 Å². The smallest absolute Gasteiger partial charge is 0.302 e. The summed E-state index contributed by atoms with van der Waals surface area (Å²) >= 11 is 0. The molecule has 0 spiro atoms. The second kappa shape index (κ2) is 3.95. The van der Waals surface area contributed by atoms with Crippen LogP contribution in [-0.4, -0.2) is 29.3 Å². The summed E-state index contributed by atoms with van der Waals surface area (Å²) in [7, 11) is 1.72. The first-order valence-electron chi connectivity index (χ1n) is 5.33. The third-order valence-corrected chi connectivity index (χ3v) is 2.69. The molecule has 0 unspecified atom stereocenters. The van der Waals surface area contributed by atoms with E-state index in [1.807, 2.05) is 24.3 Å². The summed E-state index contributed by atoms with van der Waals surface area (Å²) in [6.07, 6.45) is 4.97. The third-order valence-electron chi connectivity index (χ3n) is 2.69. The van der Waals surface area contributed by atoms with Gasteiger partial charge in [0.15, 0.2) is 0 Å². The van der Waals surface area contributed by atoms with E-state index in [1.54, 1.807) is 28.7 Å². The maximum atomic E-state index is 11.8. The number of aromatic nitrogens is 6. The van der Waals surface area contributed by atoms with Gasteiger partial charge >= 0.3 is 5.69 Å². The van der Waals surface area contributed by atoms with Gasteiger partial charge in [-0.3, -0.25) is 4.57 Å². The van der Waals surface area contributed by atoms with E-state index in [-0.39, 0.29) is 5.69 Å². The van der Waals surface area contributed by atoms with Gasteiger partial charge in [-0.2, -0.15) is 0 Å². The number of hydrogen-bond acceptors (Lipinski definition) is 4. The molecule has 0 saturated carbocycles. The molecule has 2 heterocycles. The molecule has 3 aromatic rings. The van der Waals surface area contributed by atoms with E-state index in [2.05, 4.69) is 15.5 Å². The first-order chi connectivity index (χ1) is 8.75. The van der Waals surface area contributed by atoms with E-state index in [9.17, 15) is 4.79 Å². The molecular weight excluding hydrogens is 232 g/mol. The van der Waals surface area contributed by atoms with Crippen LogP contribution in [0.1, 0.15) is 0 Å². The zero-order chi connectivity index (χ0) is 12.5. The molecule has 3 rings (SSSR count). The van der Waals surface area contributed by atoms with Crippen molar-refractivity contribution >= 4 is 0 Å². The molecule has 0 radical (unpaired) electrons. The van der Waals surface area contributed by atoms with Gasteiger partial charge in [-0.05, 0) is 34.7 Å². The van der Waals surface area contributed by atoms with Gasteiger partial charge in [0.2, 0.25) is 0 Å². The van der Waals surface area contributed by atoms with Crippen molar-refractivity contribution in [2.75, 3.05) is 0 Å². The lowest BCUT2D eigenvalue weighted by Gasteiger charge is -2.03. The summed E-state index contributed by atoms with van der Waals surface area (Å²) < 4.78 is 4.65. The van der Waals surface area contributed by atoms with Crippen LogP contribution in [-0.2, 0) is 7.05 Å². The molecule has 0 N–H and O–H groups in total. The number of nitrogens with zero attached hydrogens (tertiary/aromatic N) is 6. The molecule has 1 aromatic carbocycles. The highest BCUT2D eigenvalue weighted by Crippen LogP contribution is 2.10. The van der Waals surface area contributed by atoms with Crippen molar-refractivity contribution in [3.05, 3.63) is 53.5 Å². The highest BCUT2D eigenvalue weighted by atomic mass is 16.1. The second-order valence-electron chi connectivity index (χ2n) is 3.83. The highest BCUT2D eigenvalue weighted by Gasteiger charge is 2.03. The predicted octanol–water partition coefficient (Wildman–Crippen LogP) is 0.152. The van der Waals surface area contributed by atoms with E-state index >= 15 is 0 Å². The van der Waals surface area contributed by atoms with Crippen LogP contribution in [0.15, 0.2) is 47.8 Å². The van der Waals surface area contributed by atoms with Crippen molar-refractivity contribution in [3.8, 4) is 11.4 Å².